The fourth-order valence-corrected chi connectivity index (χ4v) is 4.28. The zero-order valence-corrected chi connectivity index (χ0v) is 21.3. The van der Waals surface area contributed by atoms with E-state index < -0.39 is 6.04 Å². The van der Waals surface area contributed by atoms with Crippen molar-refractivity contribution in [3.05, 3.63) is 109 Å². The van der Waals surface area contributed by atoms with Gasteiger partial charge in [-0.2, -0.15) is 0 Å². The molecule has 0 amide bonds. The second-order valence-electron chi connectivity index (χ2n) is 8.79. The first-order valence-corrected chi connectivity index (χ1v) is 12.2. The molecule has 0 aliphatic heterocycles. The quantitative estimate of drug-likeness (QED) is 0.264. The van der Waals surface area contributed by atoms with E-state index in [9.17, 15) is 4.79 Å². The van der Waals surface area contributed by atoms with Gasteiger partial charge in [-0.05, 0) is 55.0 Å². The molecule has 190 valence electrons. The number of ether oxygens (including phenoxy) is 1. The molecular weight excluding hydrogens is 476 g/mol. The maximum Gasteiger partial charge on any atom is 0.330 e. The number of imidazole rings is 1. The summed E-state index contributed by atoms with van der Waals surface area (Å²) in [7, 11) is 1.39. The first kappa shape index (κ1) is 24.7. The predicted octanol–water partition coefficient (Wildman–Crippen LogP) is 5.27. The normalized spacial score (nSPS) is 11.6. The second-order valence-corrected chi connectivity index (χ2v) is 8.79. The third kappa shape index (κ3) is 5.39. The Kier molecular flexibility index (Phi) is 7.13. The highest BCUT2D eigenvalue weighted by molar-refractivity contribution is 5.84. The minimum absolute atomic E-state index is 0.335. The highest BCUT2D eigenvalue weighted by atomic mass is 16.5. The van der Waals surface area contributed by atoms with Crippen LogP contribution in [0.1, 0.15) is 11.4 Å². The number of carbonyl (C=O) groups excluding carboxylic acids is 1. The second kappa shape index (κ2) is 11.0. The molecule has 3 aromatic carbocycles. The number of carbonyl (C=O) groups is 1. The molecule has 8 heteroatoms. The number of aromatic amines is 1. The van der Waals surface area contributed by atoms with Crippen LogP contribution >= 0.6 is 0 Å². The third-order valence-corrected chi connectivity index (χ3v) is 6.19. The molecule has 0 bridgehead atoms. The lowest BCUT2D eigenvalue weighted by Crippen LogP contribution is -2.44. The molecule has 0 fully saturated rings. The molecule has 1 atom stereocenters. The Balaban J connectivity index is 1.41. The van der Waals surface area contributed by atoms with Crippen molar-refractivity contribution in [1.82, 2.24) is 25.3 Å². The van der Waals surface area contributed by atoms with E-state index in [-0.39, 0.29) is 5.97 Å². The van der Waals surface area contributed by atoms with Crippen LogP contribution in [0.5, 0.6) is 0 Å². The largest absolute Gasteiger partial charge is 0.467 e. The van der Waals surface area contributed by atoms with Crippen molar-refractivity contribution in [2.75, 3.05) is 18.6 Å². The molecule has 2 aromatic heterocycles. The highest BCUT2D eigenvalue weighted by Gasteiger charge is 2.24. The molecule has 0 unspecified atom stereocenters. The van der Waals surface area contributed by atoms with Crippen molar-refractivity contribution in [3.8, 4) is 11.5 Å². The number of fused-ring (bicyclic) bond motifs is 1. The maximum absolute atomic E-state index is 12.9. The number of esters is 1. The van der Waals surface area contributed by atoms with Crippen LogP contribution < -0.4 is 10.2 Å². The number of hydrogen-bond donors (Lipinski definition) is 2. The van der Waals surface area contributed by atoms with Crippen LogP contribution in [0.15, 0.2) is 97.7 Å². The number of para-hydroxylation sites is 2. The van der Waals surface area contributed by atoms with Gasteiger partial charge < -0.3 is 19.9 Å². The zero-order valence-electron chi connectivity index (χ0n) is 21.3. The van der Waals surface area contributed by atoms with Gasteiger partial charge in [0, 0.05) is 23.3 Å². The standard InChI is InChI=1S/C30H28N6O2/c1-20(22-14-15-25-27(18-22)35-29(34-25)26-16-17-31-21(2)33-26)32-28(30(37)38-3)19-36(23-10-6-4-7-11-23)24-12-8-5-9-13-24/h4-18,28,32H,1,19H2,2-3H3,(H,34,35)/t28-/m0/s1. The van der Waals surface area contributed by atoms with E-state index in [1.165, 1.54) is 7.11 Å². The van der Waals surface area contributed by atoms with Crippen LogP contribution in [-0.4, -0.2) is 45.6 Å². The van der Waals surface area contributed by atoms with Crippen molar-refractivity contribution in [3.63, 3.8) is 0 Å². The lowest BCUT2D eigenvalue weighted by Gasteiger charge is -2.30. The summed E-state index contributed by atoms with van der Waals surface area (Å²) in [6.45, 7) is 6.40. The third-order valence-electron chi connectivity index (χ3n) is 6.19. The smallest absolute Gasteiger partial charge is 0.330 e. The van der Waals surface area contributed by atoms with Crippen LogP contribution in [0.4, 0.5) is 11.4 Å². The Morgan fingerprint density at radius 1 is 1.00 bits per heavy atom. The summed E-state index contributed by atoms with van der Waals surface area (Å²) in [5.74, 6) is 0.954. The number of aromatic nitrogens is 4. The number of hydrogen-bond acceptors (Lipinski definition) is 7. The first-order chi connectivity index (χ1) is 18.5. The average molecular weight is 505 g/mol. The number of methoxy groups -OCH3 is 1. The Hall–Kier alpha value is -4.98. The Morgan fingerprint density at radius 2 is 1.68 bits per heavy atom. The van der Waals surface area contributed by atoms with E-state index in [4.69, 9.17) is 9.72 Å². The van der Waals surface area contributed by atoms with Gasteiger partial charge in [0.2, 0.25) is 0 Å². The summed E-state index contributed by atoms with van der Waals surface area (Å²) >= 11 is 0. The van der Waals surface area contributed by atoms with Crippen LogP contribution in [0, 0.1) is 6.92 Å². The van der Waals surface area contributed by atoms with Crippen molar-refractivity contribution in [2.24, 2.45) is 0 Å². The number of anilines is 2. The van der Waals surface area contributed by atoms with E-state index in [0.717, 1.165) is 33.7 Å². The van der Waals surface area contributed by atoms with Crippen molar-refractivity contribution >= 4 is 34.1 Å². The van der Waals surface area contributed by atoms with Crippen LogP contribution in [0.3, 0.4) is 0 Å². The number of rotatable bonds is 9. The Labute approximate surface area is 221 Å². The molecule has 5 rings (SSSR count). The van der Waals surface area contributed by atoms with Gasteiger partial charge in [-0.3, -0.25) is 0 Å². The lowest BCUT2D eigenvalue weighted by molar-refractivity contribution is -0.142. The van der Waals surface area contributed by atoms with Crippen LogP contribution in [-0.2, 0) is 9.53 Å². The molecule has 0 saturated carbocycles. The van der Waals surface area contributed by atoms with Gasteiger partial charge in [0.05, 0.1) is 24.7 Å². The monoisotopic (exact) mass is 504 g/mol. The summed E-state index contributed by atoms with van der Waals surface area (Å²) in [5, 5.41) is 3.30. The summed E-state index contributed by atoms with van der Waals surface area (Å²) in [6.07, 6.45) is 1.71. The van der Waals surface area contributed by atoms with E-state index in [1.54, 1.807) is 6.20 Å². The highest BCUT2D eigenvalue weighted by Crippen LogP contribution is 2.26. The SMILES string of the molecule is C=C(N[C@@H](CN(c1ccccc1)c1ccccc1)C(=O)OC)c1ccc2[nH]c(-c3ccnc(C)n3)nc2c1. The van der Waals surface area contributed by atoms with Crippen LogP contribution in [0.2, 0.25) is 0 Å². The molecule has 2 N–H and O–H groups in total. The van der Waals surface area contributed by atoms with Crippen molar-refractivity contribution in [2.45, 2.75) is 13.0 Å². The van der Waals surface area contributed by atoms with Gasteiger partial charge in [-0.25, -0.2) is 19.7 Å². The minimum atomic E-state index is -0.678. The summed E-state index contributed by atoms with van der Waals surface area (Å²) < 4.78 is 5.16. The van der Waals surface area contributed by atoms with Gasteiger partial charge in [0.25, 0.3) is 0 Å². The summed E-state index contributed by atoms with van der Waals surface area (Å²) in [6, 6.07) is 26.8. The summed E-state index contributed by atoms with van der Waals surface area (Å²) in [4.78, 5) is 31.6. The van der Waals surface area contributed by atoms with Gasteiger partial charge in [0.15, 0.2) is 5.82 Å². The topological polar surface area (TPSA) is 96.0 Å². The van der Waals surface area contributed by atoms with Gasteiger partial charge in [0.1, 0.15) is 17.6 Å². The number of nitrogens with zero attached hydrogens (tertiary/aromatic N) is 4. The zero-order chi connectivity index (χ0) is 26.5. The Bertz CT molecular complexity index is 1530. The molecule has 38 heavy (non-hydrogen) atoms. The number of nitrogens with one attached hydrogen (secondary N) is 2. The Morgan fingerprint density at radius 3 is 2.32 bits per heavy atom. The van der Waals surface area contributed by atoms with Crippen molar-refractivity contribution in [1.29, 1.82) is 0 Å². The number of H-pyrrole nitrogens is 1. The molecule has 0 radical (unpaired) electrons. The van der Waals surface area contributed by atoms with Gasteiger partial charge >= 0.3 is 5.97 Å². The molecule has 5 aromatic rings. The molecule has 0 aliphatic carbocycles. The van der Waals surface area contributed by atoms with E-state index in [1.807, 2.05) is 91.9 Å². The van der Waals surface area contributed by atoms with E-state index >= 15 is 0 Å². The maximum atomic E-state index is 12.9. The predicted molar refractivity (Wildman–Crippen MR) is 150 cm³/mol. The molecule has 8 nitrogen and oxygen atoms in total. The fourth-order valence-electron chi connectivity index (χ4n) is 4.28. The van der Waals surface area contributed by atoms with E-state index in [0.29, 0.717) is 23.9 Å². The fraction of sp³-hybridized carbons (Fsp3) is 0.133. The minimum Gasteiger partial charge on any atom is -0.467 e. The molecular formula is C30H28N6O2. The molecule has 0 spiro atoms. The summed E-state index contributed by atoms with van der Waals surface area (Å²) in [5.41, 5.74) is 5.69. The molecule has 0 saturated heterocycles. The average Bonchev–Trinajstić information content (AvgIpc) is 3.39. The van der Waals surface area contributed by atoms with Crippen molar-refractivity contribution < 1.29 is 9.53 Å². The molecule has 0 aliphatic rings. The number of benzene rings is 3. The van der Waals surface area contributed by atoms with Crippen LogP contribution in [0.25, 0.3) is 28.2 Å². The molecule has 2 heterocycles. The lowest BCUT2D eigenvalue weighted by atomic mass is 10.1. The van der Waals surface area contributed by atoms with Gasteiger partial charge in [-0.1, -0.05) is 49.0 Å². The first-order valence-electron chi connectivity index (χ1n) is 12.2. The van der Waals surface area contributed by atoms with Gasteiger partial charge in [-0.15, -0.1) is 0 Å². The number of aryl methyl sites for hydroxylation is 1. The van der Waals surface area contributed by atoms with E-state index in [2.05, 4.69) is 31.7 Å².